The molecule has 0 fully saturated rings. The lowest BCUT2D eigenvalue weighted by atomic mass is 10.1. The number of benzene rings is 1. The van der Waals surface area contributed by atoms with Crippen LogP contribution in [0.3, 0.4) is 0 Å². The molecule has 1 aromatic carbocycles. The number of hydrogen-bond acceptors (Lipinski definition) is 5. The third kappa shape index (κ3) is 3.30. The SMILES string of the molecule is CNC(C)c1nnc(NCCc2ccccc2)o1. The van der Waals surface area contributed by atoms with E-state index in [-0.39, 0.29) is 6.04 Å². The molecule has 0 saturated carbocycles. The maximum Gasteiger partial charge on any atom is 0.315 e. The first-order valence-corrected chi connectivity index (χ1v) is 6.08. The summed E-state index contributed by atoms with van der Waals surface area (Å²) in [5, 5.41) is 14.1. The molecule has 0 aliphatic carbocycles. The van der Waals surface area contributed by atoms with Gasteiger partial charge in [-0.2, -0.15) is 0 Å². The highest BCUT2D eigenvalue weighted by atomic mass is 16.4. The van der Waals surface area contributed by atoms with Crippen LogP contribution in [0.15, 0.2) is 34.7 Å². The largest absolute Gasteiger partial charge is 0.406 e. The Balaban J connectivity index is 1.82. The van der Waals surface area contributed by atoms with E-state index in [1.807, 2.05) is 32.2 Å². The highest BCUT2D eigenvalue weighted by Gasteiger charge is 2.11. The number of aromatic nitrogens is 2. The summed E-state index contributed by atoms with van der Waals surface area (Å²) in [6.45, 7) is 2.75. The van der Waals surface area contributed by atoms with Crippen molar-refractivity contribution in [1.82, 2.24) is 15.5 Å². The summed E-state index contributed by atoms with van der Waals surface area (Å²) in [7, 11) is 1.86. The number of anilines is 1. The second-order valence-electron chi connectivity index (χ2n) is 4.12. The summed E-state index contributed by atoms with van der Waals surface area (Å²) < 4.78 is 5.48. The molecule has 0 aliphatic heterocycles. The summed E-state index contributed by atoms with van der Waals surface area (Å²) in [5.41, 5.74) is 1.29. The van der Waals surface area contributed by atoms with Crippen molar-refractivity contribution in [1.29, 1.82) is 0 Å². The van der Waals surface area contributed by atoms with Crippen molar-refractivity contribution in [2.45, 2.75) is 19.4 Å². The van der Waals surface area contributed by atoms with Gasteiger partial charge in [0.2, 0.25) is 5.89 Å². The zero-order chi connectivity index (χ0) is 12.8. The highest BCUT2D eigenvalue weighted by Crippen LogP contribution is 2.12. The molecule has 1 atom stereocenters. The van der Waals surface area contributed by atoms with E-state index < -0.39 is 0 Å². The normalized spacial score (nSPS) is 12.3. The summed E-state index contributed by atoms with van der Waals surface area (Å²) in [5.74, 6) is 0.597. The first-order valence-electron chi connectivity index (χ1n) is 6.08. The Kier molecular flexibility index (Phi) is 4.30. The van der Waals surface area contributed by atoms with Gasteiger partial charge >= 0.3 is 6.01 Å². The van der Waals surface area contributed by atoms with Gasteiger partial charge in [-0.3, -0.25) is 0 Å². The van der Waals surface area contributed by atoms with Crippen molar-refractivity contribution in [2.75, 3.05) is 18.9 Å². The van der Waals surface area contributed by atoms with Crippen LogP contribution >= 0.6 is 0 Å². The molecule has 1 unspecified atom stereocenters. The molecular formula is C13H18N4O. The van der Waals surface area contributed by atoms with Crippen LogP contribution in [-0.2, 0) is 6.42 Å². The van der Waals surface area contributed by atoms with Gasteiger partial charge in [0.05, 0.1) is 6.04 Å². The highest BCUT2D eigenvalue weighted by molar-refractivity contribution is 5.20. The molecule has 18 heavy (non-hydrogen) atoms. The fourth-order valence-electron chi connectivity index (χ4n) is 1.56. The quantitative estimate of drug-likeness (QED) is 0.816. The smallest absolute Gasteiger partial charge is 0.315 e. The molecule has 96 valence electrons. The van der Waals surface area contributed by atoms with Crippen LogP contribution < -0.4 is 10.6 Å². The van der Waals surface area contributed by atoms with Crippen molar-refractivity contribution in [3.8, 4) is 0 Å². The minimum Gasteiger partial charge on any atom is -0.406 e. The van der Waals surface area contributed by atoms with Gasteiger partial charge in [-0.05, 0) is 26.0 Å². The molecule has 0 bridgehead atoms. The minimum atomic E-state index is 0.0715. The first kappa shape index (κ1) is 12.6. The molecule has 0 radical (unpaired) electrons. The van der Waals surface area contributed by atoms with E-state index in [4.69, 9.17) is 4.42 Å². The predicted octanol–water partition coefficient (Wildman–Crippen LogP) is 2.00. The zero-order valence-electron chi connectivity index (χ0n) is 10.7. The average Bonchev–Trinajstić information content (AvgIpc) is 2.88. The standard InChI is InChI=1S/C13H18N4O/c1-10(14-2)12-16-17-13(18-12)15-9-8-11-6-4-3-5-7-11/h3-7,10,14H,8-9H2,1-2H3,(H,15,17). The van der Waals surface area contributed by atoms with Gasteiger partial charge in [0.1, 0.15) is 0 Å². The minimum absolute atomic E-state index is 0.0715. The molecule has 2 aromatic rings. The second kappa shape index (κ2) is 6.16. The first-order chi connectivity index (χ1) is 8.79. The Hall–Kier alpha value is -1.88. The Labute approximate surface area is 107 Å². The van der Waals surface area contributed by atoms with Gasteiger partial charge < -0.3 is 15.1 Å². The van der Waals surface area contributed by atoms with Crippen molar-refractivity contribution in [2.24, 2.45) is 0 Å². The monoisotopic (exact) mass is 246 g/mol. The van der Waals surface area contributed by atoms with E-state index in [0.29, 0.717) is 11.9 Å². The van der Waals surface area contributed by atoms with E-state index in [1.54, 1.807) is 0 Å². The maximum absolute atomic E-state index is 5.48. The molecular weight excluding hydrogens is 228 g/mol. The maximum atomic E-state index is 5.48. The van der Waals surface area contributed by atoms with Gasteiger partial charge in [0.15, 0.2) is 0 Å². The van der Waals surface area contributed by atoms with E-state index in [0.717, 1.165) is 13.0 Å². The van der Waals surface area contributed by atoms with Crippen LogP contribution in [0, 0.1) is 0 Å². The molecule has 0 spiro atoms. The van der Waals surface area contributed by atoms with Crippen LogP contribution in [-0.4, -0.2) is 23.8 Å². The Bertz CT molecular complexity index is 469. The lowest BCUT2D eigenvalue weighted by molar-refractivity contribution is 0.441. The van der Waals surface area contributed by atoms with Crippen LogP contribution in [0.2, 0.25) is 0 Å². The molecule has 2 N–H and O–H groups in total. The summed E-state index contributed by atoms with van der Waals surface area (Å²) in [6.07, 6.45) is 0.931. The van der Waals surface area contributed by atoms with Crippen LogP contribution in [0.1, 0.15) is 24.4 Å². The fourth-order valence-corrected chi connectivity index (χ4v) is 1.56. The molecule has 5 nitrogen and oxygen atoms in total. The molecule has 0 aliphatic rings. The molecule has 5 heteroatoms. The summed E-state index contributed by atoms with van der Waals surface area (Å²) >= 11 is 0. The molecule has 0 saturated heterocycles. The molecule has 0 amide bonds. The average molecular weight is 246 g/mol. The summed E-state index contributed by atoms with van der Waals surface area (Å²) in [6, 6.07) is 10.8. The number of nitrogens with zero attached hydrogens (tertiary/aromatic N) is 2. The van der Waals surface area contributed by atoms with Gasteiger partial charge in [-0.15, -0.1) is 5.10 Å². The Morgan fingerprint density at radius 1 is 1.22 bits per heavy atom. The van der Waals surface area contributed by atoms with Crippen molar-refractivity contribution >= 4 is 6.01 Å². The van der Waals surface area contributed by atoms with Crippen molar-refractivity contribution in [3.05, 3.63) is 41.8 Å². The van der Waals surface area contributed by atoms with Gasteiger partial charge in [0.25, 0.3) is 0 Å². The topological polar surface area (TPSA) is 63.0 Å². The number of nitrogens with one attached hydrogen (secondary N) is 2. The lowest BCUT2D eigenvalue weighted by Gasteiger charge is -2.03. The third-order valence-electron chi connectivity index (χ3n) is 2.78. The van der Waals surface area contributed by atoms with Gasteiger partial charge in [-0.25, -0.2) is 0 Å². The second-order valence-corrected chi connectivity index (χ2v) is 4.12. The van der Waals surface area contributed by atoms with Crippen molar-refractivity contribution < 1.29 is 4.42 Å². The number of hydrogen-bond donors (Lipinski definition) is 2. The fraction of sp³-hybridized carbons (Fsp3) is 0.385. The number of rotatable bonds is 6. The Morgan fingerprint density at radius 3 is 2.72 bits per heavy atom. The van der Waals surface area contributed by atoms with Crippen molar-refractivity contribution in [3.63, 3.8) is 0 Å². The van der Waals surface area contributed by atoms with Gasteiger partial charge in [-0.1, -0.05) is 35.4 Å². The Morgan fingerprint density at radius 2 is 2.00 bits per heavy atom. The third-order valence-corrected chi connectivity index (χ3v) is 2.78. The van der Waals surface area contributed by atoms with Gasteiger partial charge in [0, 0.05) is 6.54 Å². The van der Waals surface area contributed by atoms with Crippen LogP contribution in [0.4, 0.5) is 6.01 Å². The zero-order valence-corrected chi connectivity index (χ0v) is 10.7. The molecule has 2 rings (SSSR count). The predicted molar refractivity (Wildman–Crippen MR) is 70.4 cm³/mol. The van der Waals surface area contributed by atoms with Crippen LogP contribution in [0.25, 0.3) is 0 Å². The lowest BCUT2D eigenvalue weighted by Crippen LogP contribution is -2.12. The molecule has 1 aromatic heterocycles. The molecule has 1 heterocycles. The van der Waals surface area contributed by atoms with E-state index in [2.05, 4.69) is 33.0 Å². The van der Waals surface area contributed by atoms with E-state index in [9.17, 15) is 0 Å². The van der Waals surface area contributed by atoms with E-state index in [1.165, 1.54) is 5.56 Å². The summed E-state index contributed by atoms with van der Waals surface area (Å²) in [4.78, 5) is 0. The van der Waals surface area contributed by atoms with Crippen LogP contribution in [0.5, 0.6) is 0 Å². The van der Waals surface area contributed by atoms with E-state index >= 15 is 0 Å².